The topological polar surface area (TPSA) is 51.2 Å². The Bertz CT molecular complexity index is 736. The zero-order valence-corrected chi connectivity index (χ0v) is 18.5. The van der Waals surface area contributed by atoms with Gasteiger partial charge in [0.05, 0.1) is 6.20 Å². The lowest BCUT2D eigenvalue weighted by Gasteiger charge is -2.07. The Kier molecular flexibility index (Phi) is 10.9. The van der Waals surface area contributed by atoms with E-state index >= 15 is 0 Å². The molecule has 28 heavy (non-hydrogen) atoms. The van der Waals surface area contributed by atoms with Gasteiger partial charge in [0.25, 0.3) is 0 Å². The first-order valence-electron chi connectivity index (χ1n) is 9.89. The molecule has 0 aliphatic heterocycles. The summed E-state index contributed by atoms with van der Waals surface area (Å²) in [7, 11) is -1.89. The first-order chi connectivity index (χ1) is 13.7. The van der Waals surface area contributed by atoms with Crippen molar-refractivity contribution in [3.05, 3.63) is 66.0 Å². The van der Waals surface area contributed by atoms with Crippen LogP contribution in [-0.2, 0) is 4.57 Å². The molecule has 0 amide bonds. The van der Waals surface area contributed by atoms with Crippen LogP contribution in [0.5, 0.6) is 5.75 Å². The lowest BCUT2D eigenvalue weighted by Crippen LogP contribution is -2.07. The number of nitrogens with one attached hydrogen (secondary N) is 1. The van der Waals surface area contributed by atoms with Crippen LogP contribution >= 0.6 is 19.9 Å². The summed E-state index contributed by atoms with van der Waals surface area (Å²) in [5, 5.41) is 2.94. The van der Waals surface area contributed by atoms with E-state index in [-0.39, 0.29) is 0 Å². The first kappa shape index (κ1) is 22.6. The van der Waals surface area contributed by atoms with Gasteiger partial charge in [-0.3, -0.25) is 4.98 Å². The Morgan fingerprint density at radius 1 is 1.18 bits per heavy atom. The molecule has 0 aliphatic carbocycles. The maximum absolute atomic E-state index is 11.9. The number of hydrogen-bond donors (Lipinski definition) is 1. The molecule has 1 N–H and O–H groups in total. The third kappa shape index (κ3) is 9.01. The summed E-state index contributed by atoms with van der Waals surface area (Å²) in [6.07, 6.45) is 9.41. The van der Waals surface area contributed by atoms with Crippen LogP contribution in [0.2, 0.25) is 0 Å². The minimum absolute atomic E-state index is 0.530. The average molecular weight is 418 g/mol. The molecule has 0 saturated carbocycles. The Balaban J connectivity index is 1.63. The van der Waals surface area contributed by atoms with E-state index < -0.39 is 8.18 Å². The van der Waals surface area contributed by atoms with Crippen LogP contribution in [0, 0.1) is 6.92 Å². The van der Waals surface area contributed by atoms with Crippen molar-refractivity contribution < 1.29 is 9.09 Å². The number of pyridine rings is 1. The number of rotatable bonds is 13. The molecule has 0 fully saturated rings. The molecule has 6 heteroatoms. The van der Waals surface area contributed by atoms with Crippen molar-refractivity contribution in [3.8, 4) is 5.75 Å². The van der Waals surface area contributed by atoms with E-state index in [0.29, 0.717) is 12.3 Å². The molecule has 1 heterocycles. The zero-order valence-electron chi connectivity index (χ0n) is 16.8. The lowest BCUT2D eigenvalue weighted by atomic mass is 10.1. The highest BCUT2D eigenvalue weighted by molar-refractivity contribution is 8.08. The van der Waals surface area contributed by atoms with Gasteiger partial charge in [-0.2, -0.15) is 0 Å². The van der Waals surface area contributed by atoms with Crippen molar-refractivity contribution in [3.63, 3.8) is 0 Å². The van der Waals surface area contributed by atoms with E-state index in [1.54, 1.807) is 12.3 Å². The third-order valence-corrected chi connectivity index (χ3v) is 6.23. The van der Waals surface area contributed by atoms with Crippen LogP contribution in [0.1, 0.15) is 50.3 Å². The second-order valence-corrected chi connectivity index (χ2v) is 8.67. The minimum Gasteiger partial charge on any atom is -0.258 e. The number of nitrogens with zero attached hydrogens (tertiary/aromatic N) is 1. The fourth-order valence-electron chi connectivity index (χ4n) is 2.56. The number of unbranched alkanes of at least 4 members (excludes halogenated alkanes) is 3. The highest BCUT2D eigenvalue weighted by Crippen LogP contribution is 2.29. The predicted molar refractivity (Wildman–Crippen MR) is 121 cm³/mol. The monoisotopic (exact) mass is 417 g/mol. The largest absolute Gasteiger partial charge is 0.663 e. The molecular weight excluding hydrogens is 387 g/mol. The van der Waals surface area contributed by atoms with Gasteiger partial charge in [-0.25, -0.2) is 4.52 Å². The summed E-state index contributed by atoms with van der Waals surface area (Å²) in [6.45, 7) is 4.81. The summed E-state index contributed by atoms with van der Waals surface area (Å²) in [5.74, 6) is 1.68. The standard InChI is InChI=1S/C22H30N2O2PS/c1-3-17-28-22(20-11-7-6-8-12-20)13-9-4-5-10-16-24-27(25)26-21-15-14-19(2)23-18-21/h6-8,11-15,18H,3-5,9-10,16-17H2,1-2H3,(H,24,25)/q+1. The third-order valence-electron chi connectivity index (χ3n) is 4.04. The van der Waals surface area contributed by atoms with Gasteiger partial charge < -0.3 is 0 Å². The minimum atomic E-state index is -1.89. The molecule has 1 aromatic heterocycles. The molecule has 2 aromatic rings. The fourth-order valence-corrected chi connectivity index (χ4v) is 4.23. The predicted octanol–water partition coefficient (Wildman–Crippen LogP) is 6.76. The molecular formula is C22H30N2O2PS+. The van der Waals surface area contributed by atoms with Crippen LogP contribution in [0.15, 0.2) is 54.7 Å². The number of thioether (sulfide) groups is 1. The molecule has 0 saturated heterocycles. The summed E-state index contributed by atoms with van der Waals surface area (Å²) >= 11 is 1.94. The van der Waals surface area contributed by atoms with Crippen LogP contribution in [0.4, 0.5) is 0 Å². The van der Waals surface area contributed by atoms with Gasteiger partial charge in [0.15, 0.2) is 0 Å². The summed E-state index contributed by atoms with van der Waals surface area (Å²) < 4.78 is 17.2. The van der Waals surface area contributed by atoms with Crippen LogP contribution in [0.25, 0.3) is 4.91 Å². The second-order valence-electron chi connectivity index (χ2n) is 6.52. The van der Waals surface area contributed by atoms with Gasteiger partial charge >= 0.3 is 8.18 Å². The van der Waals surface area contributed by atoms with Crippen molar-refractivity contribution in [2.24, 2.45) is 0 Å². The number of hydrogen-bond acceptors (Lipinski definition) is 4. The summed E-state index contributed by atoms with van der Waals surface area (Å²) in [4.78, 5) is 5.51. The molecule has 0 spiro atoms. The van der Waals surface area contributed by atoms with Crippen LogP contribution < -0.4 is 9.61 Å². The van der Waals surface area contributed by atoms with Crippen LogP contribution in [-0.4, -0.2) is 17.3 Å². The maximum Gasteiger partial charge on any atom is 0.663 e. The lowest BCUT2D eigenvalue weighted by molar-refractivity contribution is 0.488. The second kappa shape index (κ2) is 13.5. The number of allylic oxidation sites excluding steroid dienone is 1. The van der Waals surface area contributed by atoms with Crippen LogP contribution in [0.3, 0.4) is 0 Å². The van der Waals surface area contributed by atoms with Crippen molar-refractivity contribution in [1.82, 2.24) is 10.1 Å². The highest BCUT2D eigenvalue weighted by atomic mass is 32.2. The summed E-state index contributed by atoms with van der Waals surface area (Å²) in [6, 6.07) is 14.2. The van der Waals surface area contributed by atoms with E-state index in [4.69, 9.17) is 4.52 Å². The van der Waals surface area contributed by atoms with E-state index in [1.807, 2.05) is 24.8 Å². The average Bonchev–Trinajstić information content (AvgIpc) is 2.72. The Labute approximate surface area is 174 Å². The van der Waals surface area contributed by atoms with Crippen molar-refractivity contribution in [2.75, 3.05) is 12.3 Å². The number of aromatic nitrogens is 1. The van der Waals surface area contributed by atoms with Gasteiger partial charge in [-0.05, 0) is 56.1 Å². The Hall–Kier alpha value is -1.68. The number of benzene rings is 1. The van der Waals surface area contributed by atoms with E-state index in [1.165, 1.54) is 16.9 Å². The molecule has 0 aliphatic rings. The molecule has 1 unspecified atom stereocenters. The molecule has 0 radical (unpaired) electrons. The highest BCUT2D eigenvalue weighted by Gasteiger charge is 2.18. The molecule has 150 valence electrons. The SMILES string of the molecule is CCCSC(=CCCCCCN[P+](=O)Oc1ccc(C)nc1)c1ccccc1. The van der Waals surface area contributed by atoms with Crippen molar-refractivity contribution >= 4 is 24.8 Å². The normalized spacial score (nSPS) is 12.1. The fraction of sp³-hybridized carbons (Fsp3) is 0.409. The maximum atomic E-state index is 11.9. The molecule has 1 aromatic carbocycles. The van der Waals surface area contributed by atoms with Gasteiger partial charge in [0.1, 0.15) is 0 Å². The Morgan fingerprint density at radius 2 is 2.00 bits per heavy atom. The zero-order chi connectivity index (χ0) is 20.0. The molecule has 0 bridgehead atoms. The van der Waals surface area contributed by atoms with Gasteiger partial charge in [-0.15, -0.1) is 11.8 Å². The van der Waals surface area contributed by atoms with E-state index in [2.05, 4.69) is 53.4 Å². The van der Waals surface area contributed by atoms with Gasteiger partial charge in [0.2, 0.25) is 5.75 Å². The van der Waals surface area contributed by atoms with E-state index in [9.17, 15) is 4.57 Å². The van der Waals surface area contributed by atoms with Crippen molar-refractivity contribution in [2.45, 2.75) is 46.0 Å². The van der Waals surface area contributed by atoms with E-state index in [0.717, 1.165) is 37.1 Å². The summed E-state index contributed by atoms with van der Waals surface area (Å²) in [5.41, 5.74) is 2.22. The molecule has 4 nitrogen and oxygen atoms in total. The van der Waals surface area contributed by atoms with Gasteiger partial charge in [0, 0.05) is 21.7 Å². The van der Waals surface area contributed by atoms with Gasteiger partial charge in [-0.1, -0.05) is 54.8 Å². The quantitative estimate of drug-likeness (QED) is 0.288. The van der Waals surface area contributed by atoms with Crippen molar-refractivity contribution in [1.29, 1.82) is 0 Å². The molecule has 1 atom stereocenters. The first-order valence-corrected chi connectivity index (χ1v) is 12.0. The Morgan fingerprint density at radius 3 is 2.71 bits per heavy atom. The smallest absolute Gasteiger partial charge is 0.258 e. The molecule has 2 rings (SSSR count). The number of aryl methyl sites for hydroxylation is 1.